The lowest BCUT2D eigenvalue weighted by molar-refractivity contribution is -0.148. The maximum absolute atomic E-state index is 12.3. The predicted molar refractivity (Wildman–Crippen MR) is 108 cm³/mol. The molecule has 0 saturated carbocycles. The summed E-state index contributed by atoms with van der Waals surface area (Å²) in [5.41, 5.74) is 2.98. The Morgan fingerprint density at radius 3 is 2.60 bits per heavy atom. The lowest BCUT2D eigenvalue weighted by Crippen LogP contribution is -2.43. The second-order valence-electron chi connectivity index (χ2n) is 6.99. The quantitative estimate of drug-likeness (QED) is 0.555. The highest BCUT2D eigenvalue weighted by atomic mass is 16.5. The van der Waals surface area contributed by atoms with Gasteiger partial charge in [0.1, 0.15) is 6.33 Å². The first kappa shape index (κ1) is 21.1. The first-order valence-electron chi connectivity index (χ1n) is 9.50. The molecular weight excluding hydrogens is 386 g/mol. The van der Waals surface area contributed by atoms with Crippen molar-refractivity contribution >= 4 is 23.4 Å². The zero-order chi connectivity index (χ0) is 21.7. The van der Waals surface area contributed by atoms with Crippen LogP contribution in [0.2, 0.25) is 0 Å². The van der Waals surface area contributed by atoms with E-state index in [1.165, 1.54) is 13.3 Å². The Bertz CT molecular complexity index is 1080. The number of nitrogens with zero attached hydrogens (tertiary/aromatic N) is 4. The summed E-state index contributed by atoms with van der Waals surface area (Å²) >= 11 is 0. The molecule has 3 aromatic rings. The van der Waals surface area contributed by atoms with Crippen LogP contribution in [0, 0.1) is 13.8 Å². The van der Waals surface area contributed by atoms with Crippen molar-refractivity contribution in [3.8, 4) is 0 Å². The van der Waals surface area contributed by atoms with Crippen molar-refractivity contribution < 1.29 is 19.1 Å². The molecule has 0 aliphatic heterocycles. The van der Waals surface area contributed by atoms with Crippen LogP contribution in [0.4, 0.5) is 0 Å². The van der Waals surface area contributed by atoms with Gasteiger partial charge in [-0.15, -0.1) is 0 Å². The van der Waals surface area contributed by atoms with Crippen molar-refractivity contribution in [2.45, 2.75) is 39.7 Å². The summed E-state index contributed by atoms with van der Waals surface area (Å²) in [6.07, 6.45) is 1.72. The zero-order valence-corrected chi connectivity index (χ0v) is 17.1. The summed E-state index contributed by atoms with van der Waals surface area (Å²) in [5.74, 6) is -0.815. The van der Waals surface area contributed by atoms with Crippen LogP contribution < -0.4 is 5.32 Å². The van der Waals surface area contributed by atoms with E-state index < -0.39 is 24.5 Å². The van der Waals surface area contributed by atoms with E-state index in [-0.39, 0.29) is 12.2 Å². The topological polar surface area (TPSA) is 116 Å². The SMILES string of the molecule is CC(=O)[C@@H](Cc1ccccc1)NC(=O)COC(=O)Cc1c(C)nc2ncnn2c1C. The average molecular weight is 409 g/mol. The molecule has 0 aliphatic rings. The molecular formula is C21H23N5O4. The third kappa shape index (κ3) is 5.05. The molecule has 1 N–H and O–H groups in total. The number of amides is 1. The number of ether oxygens (including phenoxy) is 1. The Morgan fingerprint density at radius 1 is 1.17 bits per heavy atom. The summed E-state index contributed by atoms with van der Waals surface area (Å²) in [6, 6.07) is 8.70. The molecule has 0 unspecified atom stereocenters. The largest absolute Gasteiger partial charge is 0.455 e. The maximum Gasteiger partial charge on any atom is 0.310 e. The molecule has 1 atom stereocenters. The van der Waals surface area contributed by atoms with Crippen LogP contribution in [0.3, 0.4) is 0 Å². The Balaban J connectivity index is 1.56. The molecule has 0 spiro atoms. The highest BCUT2D eigenvalue weighted by molar-refractivity contribution is 5.89. The van der Waals surface area contributed by atoms with Gasteiger partial charge in [0.2, 0.25) is 0 Å². The Morgan fingerprint density at radius 2 is 1.90 bits per heavy atom. The fraction of sp³-hybridized carbons (Fsp3) is 0.333. The van der Waals surface area contributed by atoms with E-state index in [1.807, 2.05) is 37.3 Å². The summed E-state index contributed by atoms with van der Waals surface area (Å²) in [5, 5.41) is 6.71. The minimum atomic E-state index is -0.679. The van der Waals surface area contributed by atoms with Gasteiger partial charge in [-0.05, 0) is 32.8 Å². The second-order valence-corrected chi connectivity index (χ2v) is 6.99. The van der Waals surface area contributed by atoms with E-state index >= 15 is 0 Å². The van der Waals surface area contributed by atoms with Crippen LogP contribution in [0.1, 0.15) is 29.4 Å². The Labute approximate surface area is 173 Å². The molecule has 30 heavy (non-hydrogen) atoms. The number of carbonyl (C=O) groups is 3. The van der Waals surface area contributed by atoms with Gasteiger partial charge in [0.25, 0.3) is 11.7 Å². The molecule has 1 aromatic carbocycles. The fourth-order valence-electron chi connectivity index (χ4n) is 3.13. The molecule has 0 aliphatic carbocycles. The highest BCUT2D eigenvalue weighted by Gasteiger charge is 2.20. The number of aromatic nitrogens is 4. The predicted octanol–water partition coefficient (Wildman–Crippen LogP) is 1.14. The first-order valence-corrected chi connectivity index (χ1v) is 9.50. The molecule has 2 heterocycles. The normalized spacial score (nSPS) is 11.8. The number of carbonyl (C=O) groups excluding carboxylic acids is 3. The van der Waals surface area contributed by atoms with Crippen LogP contribution in [-0.4, -0.2) is 49.9 Å². The number of ketones is 1. The van der Waals surface area contributed by atoms with Gasteiger partial charge in [-0.2, -0.15) is 10.1 Å². The number of Topliss-reactive ketones (excluding diaryl/α,β-unsaturated/α-hetero) is 1. The number of rotatable bonds is 8. The number of hydrogen-bond acceptors (Lipinski definition) is 7. The van der Waals surface area contributed by atoms with E-state index in [0.717, 1.165) is 11.3 Å². The number of aryl methyl sites for hydroxylation is 2. The Hall–Kier alpha value is -3.62. The molecule has 0 fully saturated rings. The molecule has 0 bridgehead atoms. The molecule has 3 rings (SSSR count). The van der Waals surface area contributed by atoms with Crippen LogP contribution in [-0.2, 0) is 32.0 Å². The van der Waals surface area contributed by atoms with Crippen molar-refractivity contribution in [1.29, 1.82) is 0 Å². The van der Waals surface area contributed by atoms with E-state index in [4.69, 9.17) is 4.74 Å². The van der Waals surface area contributed by atoms with Gasteiger partial charge in [-0.1, -0.05) is 30.3 Å². The first-order chi connectivity index (χ1) is 14.3. The molecule has 9 heteroatoms. The van der Waals surface area contributed by atoms with Gasteiger partial charge >= 0.3 is 5.97 Å². The Kier molecular flexibility index (Phi) is 6.51. The lowest BCUT2D eigenvalue weighted by Gasteiger charge is -2.16. The number of fused-ring (bicyclic) bond motifs is 1. The van der Waals surface area contributed by atoms with Gasteiger partial charge in [0.05, 0.1) is 12.5 Å². The number of esters is 1. The minimum absolute atomic E-state index is 0.0477. The van der Waals surface area contributed by atoms with Crippen molar-refractivity contribution in [1.82, 2.24) is 24.9 Å². The fourth-order valence-corrected chi connectivity index (χ4v) is 3.13. The molecule has 0 saturated heterocycles. The van der Waals surface area contributed by atoms with Crippen molar-refractivity contribution in [3.05, 3.63) is 59.2 Å². The molecule has 9 nitrogen and oxygen atoms in total. The monoisotopic (exact) mass is 409 g/mol. The molecule has 156 valence electrons. The average Bonchev–Trinajstić information content (AvgIpc) is 3.18. The van der Waals surface area contributed by atoms with Gasteiger partial charge in [-0.25, -0.2) is 9.50 Å². The van der Waals surface area contributed by atoms with Gasteiger partial charge in [0, 0.05) is 17.0 Å². The maximum atomic E-state index is 12.3. The smallest absolute Gasteiger partial charge is 0.310 e. The van der Waals surface area contributed by atoms with E-state index in [1.54, 1.807) is 11.4 Å². The van der Waals surface area contributed by atoms with Crippen molar-refractivity contribution in [3.63, 3.8) is 0 Å². The number of benzene rings is 1. The molecule has 0 radical (unpaired) electrons. The van der Waals surface area contributed by atoms with Crippen LogP contribution in [0.5, 0.6) is 0 Å². The lowest BCUT2D eigenvalue weighted by atomic mass is 10.0. The minimum Gasteiger partial charge on any atom is -0.455 e. The third-order valence-corrected chi connectivity index (χ3v) is 4.78. The summed E-state index contributed by atoms with van der Waals surface area (Å²) in [4.78, 5) is 44.7. The summed E-state index contributed by atoms with van der Waals surface area (Å²) < 4.78 is 6.65. The third-order valence-electron chi connectivity index (χ3n) is 4.78. The van der Waals surface area contributed by atoms with Crippen molar-refractivity contribution in [2.24, 2.45) is 0 Å². The molecule has 1 amide bonds. The van der Waals surface area contributed by atoms with Gasteiger partial charge < -0.3 is 10.1 Å². The van der Waals surface area contributed by atoms with Gasteiger partial charge in [-0.3, -0.25) is 14.4 Å². The molecule has 2 aromatic heterocycles. The zero-order valence-electron chi connectivity index (χ0n) is 17.1. The van der Waals surface area contributed by atoms with Crippen LogP contribution in [0.25, 0.3) is 5.78 Å². The summed E-state index contributed by atoms with van der Waals surface area (Å²) in [7, 11) is 0. The van der Waals surface area contributed by atoms with Crippen LogP contribution in [0.15, 0.2) is 36.7 Å². The van der Waals surface area contributed by atoms with Crippen LogP contribution >= 0.6 is 0 Å². The number of nitrogens with one attached hydrogen (secondary N) is 1. The van der Waals surface area contributed by atoms with Gasteiger partial charge in [0.15, 0.2) is 12.4 Å². The number of hydrogen-bond donors (Lipinski definition) is 1. The second kappa shape index (κ2) is 9.25. The summed E-state index contributed by atoms with van der Waals surface area (Å²) in [6.45, 7) is 4.54. The van der Waals surface area contributed by atoms with E-state index in [9.17, 15) is 14.4 Å². The highest BCUT2D eigenvalue weighted by Crippen LogP contribution is 2.14. The van der Waals surface area contributed by atoms with Crippen molar-refractivity contribution in [2.75, 3.05) is 6.61 Å². The van der Waals surface area contributed by atoms with E-state index in [0.29, 0.717) is 23.5 Å². The standard InChI is InChI=1S/C21H23N5O4/c1-13-17(14(2)26-21(24-13)22-12-23-26)10-20(29)30-11-19(28)25-18(15(3)27)9-16-7-5-4-6-8-16/h4-8,12,18H,9-11H2,1-3H3,(H,25,28)/t18-/m1/s1. The van der Waals surface area contributed by atoms with E-state index in [2.05, 4.69) is 20.4 Å².